The first-order valence-electron chi connectivity index (χ1n) is 11.3. The SMILES string of the molecule is C=C(C[C@H]([C@@H](N[S@](=O)C(C)(C)C)[C@H]1OC(C)(C)O[C@@H]1[C@H]1COC(C)(C)O1)[N+](=O)[O-])C(=O)OCC. The highest BCUT2D eigenvalue weighted by Crippen LogP contribution is 2.38. The van der Waals surface area contributed by atoms with Gasteiger partial charge in [0.2, 0.25) is 6.04 Å². The second-order valence-corrected chi connectivity index (χ2v) is 12.3. The van der Waals surface area contributed by atoms with Crippen molar-refractivity contribution in [2.24, 2.45) is 0 Å². The predicted molar refractivity (Wildman–Crippen MR) is 125 cm³/mol. The Bertz CT molecular complexity index is 809. The quantitative estimate of drug-likeness (QED) is 0.205. The lowest BCUT2D eigenvalue weighted by atomic mass is 9.92. The molecule has 0 aromatic rings. The van der Waals surface area contributed by atoms with E-state index in [0.29, 0.717) is 0 Å². The van der Waals surface area contributed by atoms with Crippen molar-refractivity contribution in [3.05, 3.63) is 22.3 Å². The standard InChI is InChI=1S/C22H38N2O9S/c1-10-29-19(25)13(2)11-14(24(26)27)16(23-34(28)20(3,4)5)18-17(32-22(8,9)33-18)15-12-30-21(6,7)31-15/h14-18,23H,2,10-12H2,1,3-9H3/t14-,15-,16-,17-,18-,34-/m1/s1. The predicted octanol–water partition coefficient (Wildman–Crippen LogP) is 2.23. The summed E-state index contributed by atoms with van der Waals surface area (Å²) in [6.45, 7) is 17.8. The molecule has 2 saturated heterocycles. The largest absolute Gasteiger partial charge is 0.463 e. The molecule has 0 aromatic carbocycles. The molecule has 12 heteroatoms. The van der Waals surface area contributed by atoms with Crippen LogP contribution in [0, 0.1) is 10.1 Å². The number of nitro groups is 1. The van der Waals surface area contributed by atoms with Crippen LogP contribution < -0.4 is 4.72 Å². The van der Waals surface area contributed by atoms with E-state index < -0.39 is 68.6 Å². The summed E-state index contributed by atoms with van der Waals surface area (Å²) in [5, 5.41) is 12.3. The van der Waals surface area contributed by atoms with Crippen molar-refractivity contribution < 1.29 is 37.6 Å². The van der Waals surface area contributed by atoms with Crippen molar-refractivity contribution in [3.63, 3.8) is 0 Å². The zero-order chi connectivity index (χ0) is 26.1. The van der Waals surface area contributed by atoms with Crippen LogP contribution in [0.25, 0.3) is 0 Å². The fourth-order valence-corrected chi connectivity index (χ4v) is 4.72. The molecule has 6 atom stereocenters. The summed E-state index contributed by atoms with van der Waals surface area (Å²) >= 11 is 0. The minimum absolute atomic E-state index is 0.0619. The molecule has 0 radical (unpaired) electrons. The molecule has 2 heterocycles. The number of ether oxygens (including phenoxy) is 5. The third-order valence-electron chi connectivity index (χ3n) is 5.42. The Hall–Kier alpha value is -1.44. The number of hydrogen-bond acceptors (Lipinski definition) is 9. The van der Waals surface area contributed by atoms with E-state index >= 15 is 0 Å². The Morgan fingerprint density at radius 2 is 1.85 bits per heavy atom. The van der Waals surface area contributed by atoms with Crippen LogP contribution in [0.15, 0.2) is 12.2 Å². The lowest BCUT2D eigenvalue weighted by molar-refractivity contribution is -0.528. The van der Waals surface area contributed by atoms with Crippen molar-refractivity contribution in [3.8, 4) is 0 Å². The molecule has 0 bridgehead atoms. The van der Waals surface area contributed by atoms with E-state index in [1.807, 2.05) is 0 Å². The summed E-state index contributed by atoms with van der Waals surface area (Å²) in [7, 11) is -1.69. The Balaban J connectivity index is 2.45. The van der Waals surface area contributed by atoms with Crippen molar-refractivity contribution in [2.45, 2.75) is 109 Å². The fourth-order valence-electron chi connectivity index (χ4n) is 3.83. The van der Waals surface area contributed by atoms with E-state index in [9.17, 15) is 19.1 Å². The van der Waals surface area contributed by atoms with E-state index in [1.165, 1.54) is 0 Å². The summed E-state index contributed by atoms with van der Waals surface area (Å²) in [5.41, 5.74) is -0.0619. The first-order valence-corrected chi connectivity index (χ1v) is 12.5. The minimum atomic E-state index is -1.69. The zero-order valence-corrected chi connectivity index (χ0v) is 22.1. The smallest absolute Gasteiger partial charge is 0.333 e. The maximum Gasteiger partial charge on any atom is 0.333 e. The van der Waals surface area contributed by atoms with Crippen LogP contribution in [0.4, 0.5) is 0 Å². The van der Waals surface area contributed by atoms with Crippen LogP contribution in [0.2, 0.25) is 0 Å². The monoisotopic (exact) mass is 506 g/mol. The zero-order valence-electron chi connectivity index (χ0n) is 21.2. The Morgan fingerprint density at radius 3 is 2.32 bits per heavy atom. The van der Waals surface area contributed by atoms with Gasteiger partial charge in [-0.15, -0.1) is 0 Å². The van der Waals surface area contributed by atoms with Crippen LogP contribution in [0.3, 0.4) is 0 Å². The Kier molecular flexibility index (Phi) is 9.04. The van der Waals surface area contributed by atoms with Crippen LogP contribution in [0.5, 0.6) is 0 Å². The molecular formula is C22H38N2O9S. The van der Waals surface area contributed by atoms with Crippen LogP contribution >= 0.6 is 0 Å². The van der Waals surface area contributed by atoms with Gasteiger partial charge in [0.25, 0.3) is 0 Å². The van der Waals surface area contributed by atoms with Crippen molar-refractivity contribution in [2.75, 3.05) is 13.2 Å². The lowest BCUT2D eigenvalue weighted by Crippen LogP contribution is -2.59. The lowest BCUT2D eigenvalue weighted by Gasteiger charge is -2.32. The number of carbonyl (C=O) groups excluding carboxylic acids is 1. The molecule has 2 aliphatic rings. The van der Waals surface area contributed by atoms with E-state index in [4.69, 9.17) is 23.7 Å². The molecule has 1 N–H and O–H groups in total. The molecule has 0 amide bonds. The summed E-state index contributed by atoms with van der Waals surface area (Å²) in [6.07, 6.45) is -2.60. The summed E-state index contributed by atoms with van der Waals surface area (Å²) in [4.78, 5) is 23.9. The molecule has 2 rings (SSSR count). The number of rotatable bonds is 10. The van der Waals surface area contributed by atoms with Crippen LogP contribution in [-0.2, 0) is 39.5 Å². The van der Waals surface area contributed by atoms with Gasteiger partial charge in [-0.1, -0.05) is 6.58 Å². The molecule has 0 aromatic heterocycles. The second-order valence-electron chi connectivity index (χ2n) is 10.3. The van der Waals surface area contributed by atoms with Crippen LogP contribution in [-0.4, -0.2) is 75.0 Å². The summed E-state index contributed by atoms with van der Waals surface area (Å²) < 4.78 is 44.1. The van der Waals surface area contributed by atoms with Crippen molar-refractivity contribution in [1.82, 2.24) is 4.72 Å². The van der Waals surface area contributed by atoms with Gasteiger partial charge in [0.15, 0.2) is 11.6 Å². The van der Waals surface area contributed by atoms with E-state index in [-0.39, 0.29) is 25.2 Å². The number of carbonyl (C=O) groups is 1. The summed E-state index contributed by atoms with van der Waals surface area (Å²) in [6, 6.07) is -2.52. The highest BCUT2D eigenvalue weighted by molar-refractivity contribution is 7.84. The second kappa shape index (κ2) is 10.7. The molecule has 0 aliphatic carbocycles. The first-order chi connectivity index (χ1) is 15.5. The maximum absolute atomic E-state index is 13.1. The van der Waals surface area contributed by atoms with Crippen molar-refractivity contribution in [1.29, 1.82) is 0 Å². The molecule has 34 heavy (non-hydrogen) atoms. The highest BCUT2D eigenvalue weighted by atomic mass is 32.2. The third-order valence-corrected chi connectivity index (χ3v) is 7.02. The van der Waals surface area contributed by atoms with Gasteiger partial charge in [-0.25, -0.2) is 13.7 Å². The molecule has 2 fully saturated rings. The number of esters is 1. The fraction of sp³-hybridized carbons (Fsp3) is 0.864. The number of hydrogen-bond donors (Lipinski definition) is 1. The van der Waals surface area contributed by atoms with Gasteiger partial charge in [-0.05, 0) is 55.4 Å². The van der Waals surface area contributed by atoms with Gasteiger partial charge in [0.05, 0.1) is 28.9 Å². The topological polar surface area (TPSA) is 135 Å². The molecule has 11 nitrogen and oxygen atoms in total. The average molecular weight is 507 g/mol. The third kappa shape index (κ3) is 7.28. The summed E-state index contributed by atoms with van der Waals surface area (Å²) in [5.74, 6) is -2.67. The molecule has 0 spiro atoms. The molecule has 2 aliphatic heterocycles. The van der Waals surface area contributed by atoms with Crippen molar-refractivity contribution >= 4 is 17.0 Å². The Labute approximate surface area is 203 Å². The minimum Gasteiger partial charge on any atom is -0.463 e. The van der Waals surface area contributed by atoms with Gasteiger partial charge in [0, 0.05) is 16.9 Å². The molecule has 196 valence electrons. The average Bonchev–Trinajstić information content (AvgIpc) is 3.21. The molecule has 0 saturated carbocycles. The number of nitrogens with one attached hydrogen (secondary N) is 1. The van der Waals surface area contributed by atoms with E-state index in [1.54, 1.807) is 55.4 Å². The first kappa shape index (κ1) is 28.8. The van der Waals surface area contributed by atoms with Gasteiger partial charge in [-0.2, -0.15) is 0 Å². The van der Waals surface area contributed by atoms with Gasteiger partial charge in [-0.3, -0.25) is 10.1 Å². The van der Waals surface area contributed by atoms with E-state index in [2.05, 4.69) is 11.3 Å². The van der Waals surface area contributed by atoms with Gasteiger partial charge >= 0.3 is 5.97 Å². The van der Waals surface area contributed by atoms with E-state index in [0.717, 1.165) is 0 Å². The normalized spacial score (nSPS) is 28.8. The Morgan fingerprint density at radius 1 is 1.24 bits per heavy atom. The molecular weight excluding hydrogens is 468 g/mol. The van der Waals surface area contributed by atoms with Crippen LogP contribution in [0.1, 0.15) is 61.8 Å². The molecule has 0 unspecified atom stereocenters. The van der Waals surface area contributed by atoms with Gasteiger partial charge < -0.3 is 23.7 Å². The van der Waals surface area contributed by atoms with Gasteiger partial charge in [0.1, 0.15) is 24.4 Å². The maximum atomic E-state index is 13.1. The number of nitrogens with zero attached hydrogens (tertiary/aromatic N) is 1. The highest BCUT2D eigenvalue weighted by Gasteiger charge is 2.56.